The van der Waals surface area contributed by atoms with Crippen LogP contribution in [-0.4, -0.2) is 30.7 Å². The number of hydrogen-bond acceptors (Lipinski definition) is 5. The summed E-state index contributed by atoms with van der Waals surface area (Å²) in [6.07, 6.45) is 0.636. The highest BCUT2D eigenvalue weighted by Gasteiger charge is 2.70. The Kier molecular flexibility index (Phi) is 3.78. The average molecular weight is 423 g/mol. The van der Waals surface area contributed by atoms with E-state index in [1.807, 2.05) is 24.3 Å². The van der Waals surface area contributed by atoms with E-state index in [1.165, 1.54) is 4.90 Å². The van der Waals surface area contributed by atoms with Crippen molar-refractivity contribution in [1.29, 1.82) is 0 Å². The van der Waals surface area contributed by atoms with Gasteiger partial charge < -0.3 is 9.57 Å². The van der Waals surface area contributed by atoms with Gasteiger partial charge in [0.2, 0.25) is 11.8 Å². The summed E-state index contributed by atoms with van der Waals surface area (Å²) in [5, 5.41) is 4.97. The summed E-state index contributed by atoms with van der Waals surface area (Å²) in [4.78, 5) is 33.9. The van der Waals surface area contributed by atoms with Crippen LogP contribution in [0.25, 0.3) is 0 Å². The number of hydrogen-bond donors (Lipinski definition) is 0. The first kappa shape index (κ1) is 18.0. The molecule has 7 heteroatoms. The first-order chi connectivity index (χ1) is 14.6. The molecule has 0 aromatic heterocycles. The van der Waals surface area contributed by atoms with Crippen LogP contribution in [0, 0.1) is 29.6 Å². The Labute approximate surface area is 178 Å². The number of nitrogens with zero attached hydrogens (tertiary/aromatic N) is 2. The third-order valence-electron chi connectivity index (χ3n) is 7.17. The molecule has 2 aliphatic carbocycles. The predicted octanol–water partition coefficient (Wildman–Crippen LogP) is 3.52. The van der Waals surface area contributed by atoms with Gasteiger partial charge in [-0.05, 0) is 42.7 Å². The summed E-state index contributed by atoms with van der Waals surface area (Å²) in [5.74, 6) is -0.227. The van der Waals surface area contributed by atoms with Crippen LogP contribution in [0.1, 0.15) is 12.0 Å². The largest absolute Gasteiger partial charge is 0.497 e. The highest BCUT2D eigenvalue weighted by molar-refractivity contribution is 6.34. The van der Waals surface area contributed by atoms with Crippen molar-refractivity contribution in [2.75, 3.05) is 12.0 Å². The number of rotatable bonds is 3. The Balaban J connectivity index is 1.35. The van der Waals surface area contributed by atoms with Crippen LogP contribution >= 0.6 is 11.6 Å². The summed E-state index contributed by atoms with van der Waals surface area (Å²) >= 11 is 6.41. The van der Waals surface area contributed by atoms with E-state index in [1.54, 1.807) is 31.4 Å². The van der Waals surface area contributed by atoms with Crippen molar-refractivity contribution >= 4 is 34.8 Å². The smallest absolute Gasteiger partial charge is 0.238 e. The fraction of sp³-hybridized carbons (Fsp3) is 0.348. The molecule has 30 heavy (non-hydrogen) atoms. The van der Waals surface area contributed by atoms with Gasteiger partial charge in [-0.1, -0.05) is 35.0 Å². The molecule has 2 aliphatic heterocycles. The predicted molar refractivity (Wildman–Crippen MR) is 110 cm³/mol. The minimum absolute atomic E-state index is 0.00608. The van der Waals surface area contributed by atoms with Crippen molar-refractivity contribution in [3.63, 3.8) is 0 Å². The Hall–Kier alpha value is -2.86. The maximum absolute atomic E-state index is 13.4. The second-order valence-electron chi connectivity index (χ2n) is 8.38. The van der Waals surface area contributed by atoms with Gasteiger partial charge in [0.05, 0.1) is 30.3 Å². The quantitative estimate of drug-likeness (QED) is 0.710. The van der Waals surface area contributed by atoms with Crippen molar-refractivity contribution in [2.45, 2.75) is 12.5 Å². The molecule has 2 bridgehead atoms. The number of carbonyl (C=O) groups excluding carboxylic acids is 2. The van der Waals surface area contributed by atoms with Crippen LogP contribution in [0.4, 0.5) is 5.69 Å². The molecule has 152 valence electrons. The van der Waals surface area contributed by atoms with E-state index >= 15 is 0 Å². The summed E-state index contributed by atoms with van der Waals surface area (Å²) < 4.78 is 5.19. The molecule has 6 nitrogen and oxygen atoms in total. The molecule has 2 heterocycles. The first-order valence-electron chi connectivity index (χ1n) is 10.1. The molecule has 2 aromatic carbocycles. The van der Waals surface area contributed by atoms with E-state index in [2.05, 4.69) is 5.16 Å². The molecule has 3 fully saturated rings. The number of carbonyl (C=O) groups is 2. The third kappa shape index (κ3) is 2.23. The summed E-state index contributed by atoms with van der Waals surface area (Å²) in [7, 11) is 1.58. The van der Waals surface area contributed by atoms with Crippen molar-refractivity contribution in [3.05, 3.63) is 59.1 Å². The second kappa shape index (κ2) is 6.32. The molecule has 6 atom stereocenters. The molecule has 0 spiro atoms. The zero-order valence-electron chi connectivity index (χ0n) is 16.2. The van der Waals surface area contributed by atoms with Gasteiger partial charge in [0.1, 0.15) is 11.9 Å². The molecule has 2 aromatic rings. The first-order valence-corrected chi connectivity index (χ1v) is 10.5. The molecule has 0 radical (unpaired) electrons. The maximum Gasteiger partial charge on any atom is 0.238 e. The lowest BCUT2D eigenvalue weighted by Gasteiger charge is -2.30. The summed E-state index contributed by atoms with van der Waals surface area (Å²) in [6, 6.07) is 14.6. The number of amides is 2. The molecular formula is C23H19ClN2O4. The zero-order valence-corrected chi connectivity index (χ0v) is 17.0. The molecule has 4 aliphatic rings. The number of ether oxygens (including phenoxy) is 1. The van der Waals surface area contributed by atoms with Gasteiger partial charge >= 0.3 is 0 Å². The number of halogens is 1. The van der Waals surface area contributed by atoms with Gasteiger partial charge in [-0.2, -0.15) is 0 Å². The Morgan fingerprint density at radius 3 is 2.40 bits per heavy atom. The van der Waals surface area contributed by atoms with Gasteiger partial charge in [0.15, 0.2) is 0 Å². The molecule has 1 saturated heterocycles. The van der Waals surface area contributed by atoms with Crippen LogP contribution in [0.5, 0.6) is 5.75 Å². The molecule has 2 saturated carbocycles. The van der Waals surface area contributed by atoms with Crippen LogP contribution < -0.4 is 9.64 Å². The number of methoxy groups -OCH3 is 1. The second-order valence-corrected chi connectivity index (χ2v) is 8.78. The highest BCUT2D eigenvalue weighted by atomic mass is 35.5. The number of imide groups is 1. The van der Waals surface area contributed by atoms with Gasteiger partial charge in [0.25, 0.3) is 0 Å². The molecular weight excluding hydrogens is 404 g/mol. The van der Waals surface area contributed by atoms with E-state index in [9.17, 15) is 9.59 Å². The normalized spacial score (nSPS) is 33.4. The number of fused-ring (bicyclic) bond motifs is 8. The highest BCUT2D eigenvalue weighted by Crippen LogP contribution is 2.62. The van der Waals surface area contributed by atoms with E-state index in [0.717, 1.165) is 17.7 Å². The van der Waals surface area contributed by atoms with Gasteiger partial charge in [-0.25, -0.2) is 0 Å². The van der Waals surface area contributed by atoms with Gasteiger partial charge in [-0.3, -0.25) is 14.5 Å². The summed E-state index contributed by atoms with van der Waals surface area (Å²) in [5.41, 5.74) is 2.24. The standard InChI is InChI=1S/C23H19ClN2O4/c1-29-12-8-6-11(7-9-12)26-22(27)17-14-10-15(18(17)23(26)28)21-19(14)20(25-30-21)13-4-2-3-5-16(13)24/h2-9,14-15,17-19,21H,10H2,1H3/t14-,15-,17-,18-,19-,21-/m1/s1. The minimum Gasteiger partial charge on any atom is -0.497 e. The van der Waals surface area contributed by atoms with E-state index in [0.29, 0.717) is 16.5 Å². The van der Waals surface area contributed by atoms with E-state index in [-0.39, 0.29) is 47.5 Å². The average Bonchev–Trinajstić information content (AvgIpc) is 3.49. The van der Waals surface area contributed by atoms with Gasteiger partial charge in [-0.15, -0.1) is 0 Å². The van der Waals surface area contributed by atoms with Crippen LogP contribution in [-0.2, 0) is 14.4 Å². The van der Waals surface area contributed by atoms with Crippen LogP contribution in [0.15, 0.2) is 53.7 Å². The van der Waals surface area contributed by atoms with Gasteiger partial charge in [0, 0.05) is 22.4 Å². The molecule has 0 unspecified atom stereocenters. The van der Waals surface area contributed by atoms with E-state index in [4.69, 9.17) is 21.2 Å². The Bertz CT molecular complexity index is 1100. The number of anilines is 1. The molecule has 2 amide bonds. The zero-order chi connectivity index (χ0) is 20.6. The Morgan fingerprint density at radius 1 is 1.00 bits per heavy atom. The SMILES string of the molecule is COc1ccc(N2C(=O)[C@@H]3[C@H]4C[C@@H]([C@H]5ON=C(c6ccccc6Cl)[C@@H]45)[C@H]3C2=O)cc1. The lowest BCUT2D eigenvalue weighted by molar-refractivity contribution is -0.125. The fourth-order valence-electron chi connectivity index (χ4n) is 6.00. The lowest BCUT2D eigenvalue weighted by atomic mass is 9.71. The fourth-order valence-corrected chi connectivity index (χ4v) is 6.24. The van der Waals surface area contributed by atoms with Crippen LogP contribution in [0.3, 0.4) is 0 Å². The van der Waals surface area contributed by atoms with Crippen molar-refractivity contribution in [1.82, 2.24) is 0 Å². The minimum atomic E-state index is -0.341. The third-order valence-corrected chi connectivity index (χ3v) is 7.50. The number of oxime groups is 1. The monoisotopic (exact) mass is 422 g/mol. The molecule has 0 N–H and O–H groups in total. The van der Waals surface area contributed by atoms with Crippen molar-refractivity contribution in [3.8, 4) is 5.75 Å². The maximum atomic E-state index is 13.4. The van der Waals surface area contributed by atoms with Crippen molar-refractivity contribution < 1.29 is 19.2 Å². The summed E-state index contributed by atoms with van der Waals surface area (Å²) in [6.45, 7) is 0. The van der Waals surface area contributed by atoms with Crippen LogP contribution in [0.2, 0.25) is 5.02 Å². The topological polar surface area (TPSA) is 68.2 Å². The Morgan fingerprint density at radius 2 is 1.70 bits per heavy atom. The lowest BCUT2D eigenvalue weighted by Crippen LogP contribution is -2.41. The van der Waals surface area contributed by atoms with E-state index < -0.39 is 0 Å². The number of benzene rings is 2. The van der Waals surface area contributed by atoms with Crippen molar-refractivity contribution in [2.24, 2.45) is 34.7 Å². The molecule has 6 rings (SSSR count).